The number of halogens is 2. The van der Waals surface area contributed by atoms with Crippen LogP contribution in [0, 0.1) is 13.7 Å². The molecular formula is C13H8ClIN2O3. The smallest absolute Gasteiger partial charge is 0.270 e. The largest absolute Gasteiger partial charge is 0.322 e. The molecule has 0 fully saturated rings. The first kappa shape index (κ1) is 14.7. The van der Waals surface area contributed by atoms with Crippen molar-refractivity contribution in [1.82, 2.24) is 0 Å². The third-order valence-corrected chi connectivity index (χ3v) is 3.47. The second-order valence-electron chi connectivity index (χ2n) is 3.89. The van der Waals surface area contributed by atoms with Gasteiger partial charge in [0.05, 0.1) is 15.5 Å². The monoisotopic (exact) mass is 402 g/mol. The summed E-state index contributed by atoms with van der Waals surface area (Å²) in [7, 11) is 0. The summed E-state index contributed by atoms with van der Waals surface area (Å²) in [5.74, 6) is -0.410. The van der Waals surface area contributed by atoms with Crippen molar-refractivity contribution in [2.45, 2.75) is 0 Å². The Morgan fingerprint density at radius 2 is 2.00 bits per heavy atom. The topological polar surface area (TPSA) is 72.2 Å². The van der Waals surface area contributed by atoms with Crippen molar-refractivity contribution < 1.29 is 9.72 Å². The zero-order valence-corrected chi connectivity index (χ0v) is 12.9. The van der Waals surface area contributed by atoms with Crippen LogP contribution in [0.2, 0.25) is 5.02 Å². The van der Waals surface area contributed by atoms with Crippen LogP contribution < -0.4 is 5.32 Å². The summed E-state index contributed by atoms with van der Waals surface area (Å²) in [5, 5.41) is 13.3. The normalized spacial score (nSPS) is 10.1. The Morgan fingerprint density at radius 1 is 1.25 bits per heavy atom. The molecule has 1 amide bonds. The number of amides is 1. The lowest BCUT2D eigenvalue weighted by molar-refractivity contribution is -0.384. The highest BCUT2D eigenvalue weighted by atomic mass is 127. The first-order valence-electron chi connectivity index (χ1n) is 5.48. The van der Waals surface area contributed by atoms with Crippen molar-refractivity contribution in [1.29, 1.82) is 0 Å². The Balaban J connectivity index is 2.23. The number of nitro groups is 1. The standard InChI is InChI=1S/C13H8ClIN2O3/c14-12-7-10(17(19)20)4-5-11(12)13(18)16-9-3-1-2-8(15)6-9/h1-7H,(H,16,18). The molecule has 0 aliphatic rings. The maximum atomic E-state index is 12.1. The second-order valence-corrected chi connectivity index (χ2v) is 5.54. The van der Waals surface area contributed by atoms with Gasteiger partial charge < -0.3 is 5.32 Å². The summed E-state index contributed by atoms with van der Waals surface area (Å²) in [5.41, 5.74) is 0.674. The Morgan fingerprint density at radius 3 is 2.60 bits per heavy atom. The second kappa shape index (κ2) is 6.19. The summed E-state index contributed by atoms with van der Waals surface area (Å²) < 4.78 is 0.982. The minimum Gasteiger partial charge on any atom is -0.322 e. The third kappa shape index (κ3) is 3.45. The lowest BCUT2D eigenvalue weighted by Gasteiger charge is -2.07. The van der Waals surface area contributed by atoms with Crippen LogP contribution in [0.3, 0.4) is 0 Å². The number of nitro benzene ring substituents is 1. The van der Waals surface area contributed by atoms with Crippen LogP contribution >= 0.6 is 34.2 Å². The van der Waals surface area contributed by atoms with Crippen LogP contribution in [0.1, 0.15) is 10.4 Å². The SMILES string of the molecule is O=C(Nc1cccc(I)c1)c1ccc([N+](=O)[O-])cc1Cl. The van der Waals surface area contributed by atoms with Gasteiger partial charge in [0.15, 0.2) is 0 Å². The minimum atomic E-state index is -0.562. The van der Waals surface area contributed by atoms with E-state index < -0.39 is 10.8 Å². The van der Waals surface area contributed by atoms with E-state index in [1.807, 2.05) is 12.1 Å². The van der Waals surface area contributed by atoms with Gasteiger partial charge in [0.2, 0.25) is 0 Å². The van der Waals surface area contributed by atoms with Gasteiger partial charge in [-0.15, -0.1) is 0 Å². The zero-order chi connectivity index (χ0) is 14.7. The van der Waals surface area contributed by atoms with Gasteiger partial charge in [-0.05, 0) is 46.9 Å². The van der Waals surface area contributed by atoms with E-state index in [-0.39, 0.29) is 16.3 Å². The lowest BCUT2D eigenvalue weighted by atomic mass is 10.2. The number of carbonyl (C=O) groups excluding carboxylic acids is 1. The molecule has 20 heavy (non-hydrogen) atoms. The van der Waals surface area contributed by atoms with Gasteiger partial charge in [-0.3, -0.25) is 14.9 Å². The average Bonchev–Trinajstić information content (AvgIpc) is 2.38. The molecule has 2 rings (SSSR count). The van der Waals surface area contributed by atoms with Gasteiger partial charge in [-0.1, -0.05) is 17.7 Å². The van der Waals surface area contributed by atoms with Crippen molar-refractivity contribution in [3.05, 3.63) is 66.7 Å². The Labute approximate surface area is 133 Å². The lowest BCUT2D eigenvalue weighted by Crippen LogP contribution is -2.12. The van der Waals surface area contributed by atoms with Crippen LogP contribution in [0.5, 0.6) is 0 Å². The number of hydrogen-bond donors (Lipinski definition) is 1. The summed E-state index contributed by atoms with van der Waals surface area (Å²) in [4.78, 5) is 22.1. The fourth-order valence-electron chi connectivity index (χ4n) is 1.57. The zero-order valence-electron chi connectivity index (χ0n) is 9.97. The van der Waals surface area contributed by atoms with Gasteiger partial charge in [0.25, 0.3) is 11.6 Å². The molecule has 0 saturated heterocycles. The molecule has 0 aromatic heterocycles. The number of anilines is 1. The quantitative estimate of drug-likeness (QED) is 0.477. The number of non-ortho nitro benzene ring substituents is 1. The number of hydrogen-bond acceptors (Lipinski definition) is 3. The molecule has 0 heterocycles. The third-order valence-electron chi connectivity index (χ3n) is 2.49. The van der Waals surface area contributed by atoms with Crippen molar-refractivity contribution in [2.24, 2.45) is 0 Å². The van der Waals surface area contributed by atoms with E-state index in [2.05, 4.69) is 27.9 Å². The molecule has 0 atom stereocenters. The predicted molar refractivity (Wildman–Crippen MR) is 85.2 cm³/mol. The van der Waals surface area contributed by atoms with E-state index in [1.165, 1.54) is 12.1 Å². The van der Waals surface area contributed by atoms with Crippen LogP contribution in [0.15, 0.2) is 42.5 Å². The molecule has 0 saturated carbocycles. The molecule has 7 heteroatoms. The molecule has 0 aliphatic heterocycles. The Kier molecular flexibility index (Phi) is 4.56. The highest BCUT2D eigenvalue weighted by Gasteiger charge is 2.15. The predicted octanol–water partition coefficient (Wildman–Crippen LogP) is 4.11. The van der Waals surface area contributed by atoms with E-state index in [9.17, 15) is 14.9 Å². The molecule has 0 aliphatic carbocycles. The van der Waals surface area contributed by atoms with E-state index in [0.29, 0.717) is 5.69 Å². The highest BCUT2D eigenvalue weighted by molar-refractivity contribution is 14.1. The van der Waals surface area contributed by atoms with E-state index in [4.69, 9.17) is 11.6 Å². The molecule has 1 N–H and O–H groups in total. The summed E-state index contributed by atoms with van der Waals surface area (Å²) in [6.07, 6.45) is 0. The van der Waals surface area contributed by atoms with Gasteiger partial charge in [-0.25, -0.2) is 0 Å². The van der Waals surface area contributed by atoms with E-state index in [1.54, 1.807) is 12.1 Å². The molecule has 0 radical (unpaired) electrons. The average molecular weight is 403 g/mol. The van der Waals surface area contributed by atoms with Crippen molar-refractivity contribution in [3.8, 4) is 0 Å². The van der Waals surface area contributed by atoms with Gasteiger partial charge in [0.1, 0.15) is 0 Å². The van der Waals surface area contributed by atoms with E-state index >= 15 is 0 Å². The number of nitrogens with zero attached hydrogens (tertiary/aromatic N) is 1. The van der Waals surface area contributed by atoms with Gasteiger partial charge in [0, 0.05) is 21.4 Å². The van der Waals surface area contributed by atoms with Crippen molar-refractivity contribution >= 4 is 51.5 Å². The van der Waals surface area contributed by atoms with Gasteiger partial charge in [-0.2, -0.15) is 0 Å². The fraction of sp³-hybridized carbons (Fsp3) is 0. The summed E-state index contributed by atoms with van der Waals surface area (Å²) in [6, 6.07) is 11.0. The number of rotatable bonds is 3. The molecular weight excluding hydrogens is 395 g/mol. The molecule has 2 aromatic carbocycles. The molecule has 0 spiro atoms. The van der Waals surface area contributed by atoms with E-state index in [0.717, 1.165) is 9.64 Å². The summed E-state index contributed by atoms with van der Waals surface area (Å²) >= 11 is 8.03. The highest BCUT2D eigenvalue weighted by Crippen LogP contribution is 2.23. The molecule has 0 unspecified atom stereocenters. The maximum absolute atomic E-state index is 12.1. The first-order chi connectivity index (χ1) is 9.47. The van der Waals surface area contributed by atoms with Crippen LogP contribution in [-0.4, -0.2) is 10.8 Å². The first-order valence-corrected chi connectivity index (χ1v) is 6.94. The Hall–Kier alpha value is -1.67. The van der Waals surface area contributed by atoms with Crippen LogP contribution in [-0.2, 0) is 0 Å². The van der Waals surface area contributed by atoms with Crippen LogP contribution in [0.25, 0.3) is 0 Å². The van der Waals surface area contributed by atoms with Crippen molar-refractivity contribution in [3.63, 3.8) is 0 Å². The van der Waals surface area contributed by atoms with Crippen LogP contribution in [0.4, 0.5) is 11.4 Å². The Bertz CT molecular complexity index is 691. The number of nitrogens with one attached hydrogen (secondary N) is 1. The molecule has 102 valence electrons. The molecule has 5 nitrogen and oxygen atoms in total. The fourth-order valence-corrected chi connectivity index (χ4v) is 2.37. The minimum absolute atomic E-state index is 0.0438. The maximum Gasteiger partial charge on any atom is 0.270 e. The molecule has 2 aromatic rings. The summed E-state index contributed by atoms with van der Waals surface area (Å²) in [6.45, 7) is 0. The number of benzene rings is 2. The van der Waals surface area contributed by atoms with Crippen molar-refractivity contribution in [2.75, 3.05) is 5.32 Å². The number of carbonyl (C=O) groups is 1. The van der Waals surface area contributed by atoms with Gasteiger partial charge >= 0.3 is 0 Å². The molecule has 0 bridgehead atoms.